The number of ether oxygens (including phenoxy) is 1. The first-order valence-corrected chi connectivity index (χ1v) is 7.20. The van der Waals surface area contributed by atoms with Crippen LogP contribution in [0.2, 0.25) is 0 Å². The molecular formula is C13H16N4O2S. The molecule has 0 unspecified atom stereocenters. The molecule has 0 saturated heterocycles. The minimum absolute atomic E-state index is 0.119. The molecule has 2 N–H and O–H groups in total. The van der Waals surface area contributed by atoms with Gasteiger partial charge in [-0.15, -0.1) is 0 Å². The lowest BCUT2D eigenvalue weighted by atomic mass is 9.98. The SMILES string of the molecule is COCc1cc(C)nc2c1[C@@H]1N=C(C)N(N)C(=O)[C@H]1S2. The highest BCUT2D eigenvalue weighted by Crippen LogP contribution is 2.48. The number of hydrogen-bond donors (Lipinski definition) is 1. The third-order valence-electron chi connectivity index (χ3n) is 3.51. The summed E-state index contributed by atoms with van der Waals surface area (Å²) >= 11 is 1.44. The summed E-state index contributed by atoms with van der Waals surface area (Å²) in [6.45, 7) is 4.17. The number of amidine groups is 1. The van der Waals surface area contributed by atoms with Gasteiger partial charge in [0.2, 0.25) is 0 Å². The van der Waals surface area contributed by atoms with Crippen molar-refractivity contribution in [2.24, 2.45) is 10.8 Å². The largest absolute Gasteiger partial charge is 0.380 e. The van der Waals surface area contributed by atoms with Gasteiger partial charge in [0.25, 0.3) is 5.91 Å². The Labute approximate surface area is 121 Å². The lowest BCUT2D eigenvalue weighted by molar-refractivity contribution is -0.128. The second-order valence-corrected chi connectivity index (χ2v) is 6.07. The zero-order chi connectivity index (χ0) is 14.4. The topological polar surface area (TPSA) is 80.8 Å². The number of carbonyl (C=O) groups is 1. The number of pyridine rings is 1. The van der Waals surface area contributed by atoms with Gasteiger partial charge in [-0.1, -0.05) is 11.8 Å². The number of hydrazine groups is 1. The standard InChI is InChI=1S/C13H16N4O2S/c1-6-4-8(5-19-3)9-10-11(20-12(9)15-6)13(18)17(14)7(2)16-10/h4,10-11H,5,14H2,1-3H3/t10-,11-/m0/s1. The normalized spacial score (nSPS) is 24.5. The lowest BCUT2D eigenvalue weighted by Gasteiger charge is -2.28. The minimum Gasteiger partial charge on any atom is -0.380 e. The van der Waals surface area contributed by atoms with Crippen molar-refractivity contribution in [2.45, 2.75) is 36.8 Å². The van der Waals surface area contributed by atoms with E-state index in [-0.39, 0.29) is 17.2 Å². The summed E-state index contributed by atoms with van der Waals surface area (Å²) in [7, 11) is 1.66. The van der Waals surface area contributed by atoms with Crippen LogP contribution in [0, 0.1) is 6.92 Å². The Morgan fingerprint density at radius 2 is 2.25 bits per heavy atom. The molecule has 7 heteroatoms. The van der Waals surface area contributed by atoms with E-state index in [0.717, 1.165) is 26.9 Å². The molecule has 1 aromatic rings. The molecule has 1 amide bonds. The predicted octanol–water partition coefficient (Wildman–Crippen LogP) is 1.19. The van der Waals surface area contributed by atoms with Crippen LogP contribution in [-0.4, -0.2) is 34.1 Å². The average molecular weight is 292 g/mol. The van der Waals surface area contributed by atoms with Crippen molar-refractivity contribution < 1.29 is 9.53 Å². The Bertz CT molecular complexity index is 617. The van der Waals surface area contributed by atoms with Crippen LogP contribution in [0.4, 0.5) is 0 Å². The molecule has 1 aromatic heterocycles. The number of aryl methyl sites for hydroxylation is 1. The van der Waals surface area contributed by atoms with Crippen LogP contribution in [0.25, 0.3) is 0 Å². The molecule has 0 bridgehead atoms. The quantitative estimate of drug-likeness (QED) is 0.654. The zero-order valence-electron chi connectivity index (χ0n) is 11.6. The number of rotatable bonds is 2. The zero-order valence-corrected chi connectivity index (χ0v) is 12.4. The molecular weight excluding hydrogens is 276 g/mol. The molecule has 0 spiro atoms. The molecule has 0 aromatic carbocycles. The maximum atomic E-state index is 12.3. The summed E-state index contributed by atoms with van der Waals surface area (Å²) < 4.78 is 5.26. The van der Waals surface area contributed by atoms with Crippen molar-refractivity contribution in [2.75, 3.05) is 7.11 Å². The molecule has 2 aliphatic rings. The maximum absolute atomic E-state index is 12.3. The van der Waals surface area contributed by atoms with Crippen LogP contribution in [0.5, 0.6) is 0 Å². The molecule has 0 fully saturated rings. The number of aliphatic imine (C=N–C) groups is 1. The Hall–Kier alpha value is -1.44. The Kier molecular flexibility index (Phi) is 3.27. The number of hydrogen-bond acceptors (Lipinski definition) is 6. The molecule has 0 radical (unpaired) electrons. The van der Waals surface area contributed by atoms with Crippen LogP contribution in [0.1, 0.15) is 29.8 Å². The molecule has 106 valence electrons. The van der Waals surface area contributed by atoms with Gasteiger partial charge in [0.1, 0.15) is 22.2 Å². The van der Waals surface area contributed by atoms with Gasteiger partial charge in [-0.25, -0.2) is 15.8 Å². The van der Waals surface area contributed by atoms with E-state index in [1.807, 2.05) is 13.0 Å². The van der Waals surface area contributed by atoms with E-state index in [1.54, 1.807) is 14.0 Å². The highest BCUT2D eigenvalue weighted by atomic mass is 32.2. The number of methoxy groups -OCH3 is 1. The third kappa shape index (κ3) is 1.93. The highest BCUT2D eigenvalue weighted by molar-refractivity contribution is 8.01. The monoisotopic (exact) mass is 292 g/mol. The van der Waals surface area contributed by atoms with E-state index in [4.69, 9.17) is 10.6 Å². The molecule has 6 nitrogen and oxygen atoms in total. The van der Waals surface area contributed by atoms with Gasteiger partial charge in [0.15, 0.2) is 0 Å². The fraction of sp³-hybridized carbons (Fsp3) is 0.462. The molecule has 2 atom stereocenters. The van der Waals surface area contributed by atoms with Crippen molar-refractivity contribution >= 4 is 23.5 Å². The fourth-order valence-corrected chi connectivity index (χ4v) is 3.97. The van der Waals surface area contributed by atoms with Crippen molar-refractivity contribution in [3.63, 3.8) is 0 Å². The molecule has 0 saturated carbocycles. The number of amides is 1. The molecule has 3 heterocycles. The fourth-order valence-electron chi connectivity index (χ4n) is 2.61. The Balaban J connectivity index is 2.13. The Morgan fingerprint density at radius 3 is 2.95 bits per heavy atom. The number of fused-ring (bicyclic) bond motifs is 3. The summed E-state index contributed by atoms with van der Waals surface area (Å²) in [5.74, 6) is 6.15. The van der Waals surface area contributed by atoms with E-state index < -0.39 is 0 Å². The number of thioether (sulfide) groups is 1. The predicted molar refractivity (Wildman–Crippen MR) is 76.2 cm³/mol. The van der Waals surface area contributed by atoms with Crippen LogP contribution >= 0.6 is 11.8 Å². The first kappa shape index (κ1) is 13.5. The van der Waals surface area contributed by atoms with Crippen molar-refractivity contribution in [3.8, 4) is 0 Å². The maximum Gasteiger partial charge on any atom is 0.258 e. The van der Waals surface area contributed by atoms with Crippen molar-refractivity contribution in [1.82, 2.24) is 9.99 Å². The van der Waals surface area contributed by atoms with Gasteiger partial charge in [-0.3, -0.25) is 9.79 Å². The van der Waals surface area contributed by atoms with Crippen LogP contribution in [-0.2, 0) is 16.1 Å². The molecule has 0 aliphatic carbocycles. The smallest absolute Gasteiger partial charge is 0.258 e. The summed E-state index contributed by atoms with van der Waals surface area (Å²) in [5, 5.41) is 1.68. The third-order valence-corrected chi connectivity index (χ3v) is 4.76. The Morgan fingerprint density at radius 1 is 1.50 bits per heavy atom. The van der Waals surface area contributed by atoms with Crippen LogP contribution in [0.3, 0.4) is 0 Å². The van der Waals surface area contributed by atoms with Gasteiger partial charge in [0, 0.05) is 18.4 Å². The first-order chi connectivity index (χ1) is 9.52. The summed E-state index contributed by atoms with van der Waals surface area (Å²) in [6, 6.07) is 1.79. The summed E-state index contributed by atoms with van der Waals surface area (Å²) in [5.41, 5.74) is 2.97. The van der Waals surface area contributed by atoms with Gasteiger partial charge < -0.3 is 4.74 Å². The molecule has 2 aliphatic heterocycles. The molecule has 20 heavy (non-hydrogen) atoms. The van der Waals surface area contributed by atoms with E-state index in [1.165, 1.54) is 11.8 Å². The molecule has 3 rings (SSSR count). The summed E-state index contributed by atoms with van der Waals surface area (Å²) in [4.78, 5) is 21.4. The van der Waals surface area contributed by atoms with Crippen molar-refractivity contribution in [1.29, 1.82) is 0 Å². The average Bonchev–Trinajstić information content (AvgIpc) is 2.75. The lowest BCUT2D eigenvalue weighted by Crippen LogP contribution is -2.50. The first-order valence-electron chi connectivity index (χ1n) is 6.32. The second-order valence-electron chi connectivity index (χ2n) is 4.94. The van der Waals surface area contributed by atoms with Crippen LogP contribution in [0.15, 0.2) is 16.1 Å². The highest BCUT2D eigenvalue weighted by Gasteiger charge is 2.45. The van der Waals surface area contributed by atoms with E-state index >= 15 is 0 Å². The minimum atomic E-state index is -0.316. The van der Waals surface area contributed by atoms with Gasteiger partial charge in [-0.2, -0.15) is 0 Å². The second kappa shape index (κ2) is 4.83. The van der Waals surface area contributed by atoms with Gasteiger partial charge in [-0.05, 0) is 25.5 Å². The van der Waals surface area contributed by atoms with Crippen LogP contribution < -0.4 is 5.84 Å². The number of aromatic nitrogens is 1. The van der Waals surface area contributed by atoms with Crippen molar-refractivity contribution in [3.05, 3.63) is 22.9 Å². The number of nitrogens with zero attached hydrogens (tertiary/aromatic N) is 3. The van der Waals surface area contributed by atoms with E-state index in [2.05, 4.69) is 9.98 Å². The number of nitrogens with two attached hydrogens (primary N) is 1. The summed E-state index contributed by atoms with van der Waals surface area (Å²) in [6.07, 6.45) is 0. The van der Waals surface area contributed by atoms with E-state index in [9.17, 15) is 4.79 Å². The van der Waals surface area contributed by atoms with Gasteiger partial charge >= 0.3 is 0 Å². The van der Waals surface area contributed by atoms with E-state index in [0.29, 0.717) is 12.4 Å². The van der Waals surface area contributed by atoms with Gasteiger partial charge in [0.05, 0.1) is 6.61 Å². The number of carbonyl (C=O) groups excluding carboxylic acids is 1.